The Balaban J connectivity index is 1.67. The van der Waals surface area contributed by atoms with Crippen LogP contribution in [0.2, 0.25) is 0 Å². The summed E-state index contributed by atoms with van der Waals surface area (Å²) in [5, 5.41) is 9.11. The van der Waals surface area contributed by atoms with Crippen molar-refractivity contribution in [2.75, 3.05) is 0 Å². The molecule has 1 saturated carbocycles. The standard InChI is InChI=1S/C18H17NO5/c20-17(16(19-22)18(21)24-15-10-11-15)12-6-8-14(9-7-12)23-13-4-2-1-3-5-13/h1-9,15-16,19,22H,10-11H2. The Morgan fingerprint density at radius 2 is 1.62 bits per heavy atom. The first kappa shape index (κ1) is 16.2. The second-order valence-electron chi connectivity index (χ2n) is 5.50. The number of Topliss-reactive ketones (excluding diaryl/α,β-unsaturated/α-hetero) is 1. The van der Waals surface area contributed by atoms with Crippen LogP contribution in [-0.2, 0) is 9.53 Å². The molecule has 124 valence electrons. The van der Waals surface area contributed by atoms with E-state index in [1.807, 2.05) is 30.3 Å². The van der Waals surface area contributed by atoms with E-state index in [0.29, 0.717) is 11.5 Å². The fraction of sp³-hybridized carbons (Fsp3) is 0.222. The van der Waals surface area contributed by atoms with Crippen LogP contribution in [0, 0.1) is 0 Å². The van der Waals surface area contributed by atoms with Crippen molar-refractivity contribution in [2.45, 2.75) is 25.0 Å². The summed E-state index contributed by atoms with van der Waals surface area (Å²) < 4.78 is 10.7. The van der Waals surface area contributed by atoms with Gasteiger partial charge in [-0.1, -0.05) is 18.2 Å². The van der Waals surface area contributed by atoms with Crippen molar-refractivity contribution >= 4 is 11.8 Å². The summed E-state index contributed by atoms with van der Waals surface area (Å²) in [6.45, 7) is 0. The van der Waals surface area contributed by atoms with Gasteiger partial charge >= 0.3 is 5.97 Å². The molecule has 0 aliphatic heterocycles. The van der Waals surface area contributed by atoms with Crippen molar-refractivity contribution in [3.8, 4) is 11.5 Å². The van der Waals surface area contributed by atoms with Crippen LogP contribution in [0.25, 0.3) is 0 Å². The molecule has 0 heterocycles. The lowest BCUT2D eigenvalue weighted by Crippen LogP contribution is -2.43. The van der Waals surface area contributed by atoms with Gasteiger partial charge in [-0.3, -0.25) is 4.79 Å². The Morgan fingerprint density at radius 3 is 2.21 bits per heavy atom. The second-order valence-corrected chi connectivity index (χ2v) is 5.50. The van der Waals surface area contributed by atoms with Gasteiger partial charge < -0.3 is 14.7 Å². The minimum atomic E-state index is -1.42. The molecule has 1 aliphatic rings. The van der Waals surface area contributed by atoms with Gasteiger partial charge in [0, 0.05) is 5.56 Å². The van der Waals surface area contributed by atoms with E-state index in [0.717, 1.165) is 12.8 Å². The van der Waals surface area contributed by atoms with Gasteiger partial charge in [-0.25, -0.2) is 4.79 Å². The summed E-state index contributed by atoms with van der Waals surface area (Å²) >= 11 is 0. The zero-order chi connectivity index (χ0) is 16.9. The average molecular weight is 327 g/mol. The molecule has 24 heavy (non-hydrogen) atoms. The quantitative estimate of drug-likeness (QED) is 0.352. The molecular formula is C18H17NO5. The van der Waals surface area contributed by atoms with Crippen LogP contribution in [-0.4, -0.2) is 29.1 Å². The van der Waals surface area contributed by atoms with E-state index in [9.17, 15) is 9.59 Å². The molecule has 0 amide bonds. The lowest BCUT2D eigenvalue weighted by Gasteiger charge is -2.13. The van der Waals surface area contributed by atoms with Gasteiger partial charge in [0.05, 0.1) is 0 Å². The van der Waals surface area contributed by atoms with Crippen molar-refractivity contribution in [1.82, 2.24) is 5.48 Å². The van der Waals surface area contributed by atoms with Gasteiger partial charge in [-0.2, -0.15) is 5.48 Å². The number of hydroxylamine groups is 1. The predicted octanol–water partition coefficient (Wildman–Crippen LogP) is 2.71. The lowest BCUT2D eigenvalue weighted by molar-refractivity contribution is -0.148. The van der Waals surface area contributed by atoms with Crippen molar-refractivity contribution in [3.63, 3.8) is 0 Å². The normalized spacial score (nSPS) is 14.7. The number of hydrogen-bond donors (Lipinski definition) is 2. The summed E-state index contributed by atoms with van der Waals surface area (Å²) in [4.78, 5) is 24.2. The fourth-order valence-electron chi connectivity index (χ4n) is 2.12. The summed E-state index contributed by atoms with van der Waals surface area (Å²) in [6.07, 6.45) is 1.45. The number of ether oxygens (including phenoxy) is 2. The number of para-hydroxylation sites is 1. The first-order valence-corrected chi connectivity index (χ1v) is 7.64. The van der Waals surface area contributed by atoms with E-state index >= 15 is 0 Å². The van der Waals surface area contributed by atoms with Gasteiger partial charge in [0.2, 0.25) is 0 Å². The maximum atomic E-state index is 12.3. The zero-order valence-corrected chi connectivity index (χ0v) is 12.8. The molecule has 0 radical (unpaired) electrons. The average Bonchev–Trinajstić information content (AvgIpc) is 3.41. The van der Waals surface area contributed by atoms with Crippen molar-refractivity contribution in [2.24, 2.45) is 0 Å². The SMILES string of the molecule is O=C(OC1CC1)C(NO)C(=O)c1ccc(Oc2ccccc2)cc1. The van der Waals surface area contributed by atoms with Crippen molar-refractivity contribution in [1.29, 1.82) is 0 Å². The van der Waals surface area contributed by atoms with Crippen LogP contribution in [0.1, 0.15) is 23.2 Å². The third-order valence-corrected chi connectivity index (χ3v) is 3.55. The first-order chi connectivity index (χ1) is 11.7. The monoisotopic (exact) mass is 327 g/mol. The first-order valence-electron chi connectivity index (χ1n) is 7.64. The zero-order valence-electron chi connectivity index (χ0n) is 12.8. The van der Waals surface area contributed by atoms with E-state index in [4.69, 9.17) is 14.7 Å². The molecule has 3 rings (SSSR count). The number of ketones is 1. The lowest BCUT2D eigenvalue weighted by atomic mass is 10.0. The van der Waals surface area contributed by atoms with Crippen LogP contribution in [0.5, 0.6) is 11.5 Å². The van der Waals surface area contributed by atoms with Gasteiger partial charge in [-0.15, -0.1) is 0 Å². The predicted molar refractivity (Wildman–Crippen MR) is 85.1 cm³/mol. The van der Waals surface area contributed by atoms with E-state index in [1.54, 1.807) is 17.6 Å². The molecule has 1 atom stereocenters. The third kappa shape index (κ3) is 3.98. The number of hydrogen-bond acceptors (Lipinski definition) is 6. The molecular weight excluding hydrogens is 310 g/mol. The molecule has 0 saturated heterocycles. The Kier molecular flexibility index (Phi) is 4.88. The topological polar surface area (TPSA) is 84.9 Å². The van der Waals surface area contributed by atoms with Gasteiger partial charge in [0.15, 0.2) is 11.8 Å². The largest absolute Gasteiger partial charge is 0.461 e. The molecule has 0 bridgehead atoms. The van der Waals surface area contributed by atoms with Gasteiger partial charge in [-0.05, 0) is 49.2 Å². The second kappa shape index (κ2) is 7.25. The van der Waals surface area contributed by atoms with Crippen molar-refractivity contribution < 1.29 is 24.3 Å². The molecule has 0 spiro atoms. The van der Waals surface area contributed by atoms with Crippen LogP contribution in [0.15, 0.2) is 54.6 Å². The number of esters is 1. The number of carbonyl (C=O) groups excluding carboxylic acids is 2. The van der Waals surface area contributed by atoms with Crippen LogP contribution < -0.4 is 10.2 Å². The Labute approximate surface area is 139 Å². The summed E-state index contributed by atoms with van der Waals surface area (Å²) in [5.41, 5.74) is 2.01. The molecule has 6 heteroatoms. The highest BCUT2D eigenvalue weighted by Crippen LogP contribution is 2.25. The minimum absolute atomic E-state index is 0.136. The van der Waals surface area contributed by atoms with Crippen molar-refractivity contribution in [3.05, 3.63) is 60.2 Å². The molecule has 6 nitrogen and oxygen atoms in total. The van der Waals surface area contributed by atoms with E-state index in [1.165, 1.54) is 12.1 Å². The molecule has 1 unspecified atom stereocenters. The fourth-order valence-corrected chi connectivity index (χ4v) is 2.12. The van der Waals surface area contributed by atoms with E-state index in [-0.39, 0.29) is 11.7 Å². The highest BCUT2D eigenvalue weighted by molar-refractivity contribution is 6.12. The molecule has 2 aromatic carbocycles. The van der Waals surface area contributed by atoms with E-state index < -0.39 is 17.8 Å². The summed E-state index contributed by atoms with van der Waals surface area (Å²) in [5.74, 6) is -0.0877. The number of rotatable bonds is 7. The number of nitrogens with one attached hydrogen (secondary N) is 1. The molecule has 1 aliphatic carbocycles. The maximum Gasteiger partial charge on any atom is 0.333 e. The highest BCUT2D eigenvalue weighted by Gasteiger charge is 2.34. The van der Waals surface area contributed by atoms with Crippen LogP contribution in [0.3, 0.4) is 0 Å². The van der Waals surface area contributed by atoms with E-state index in [2.05, 4.69) is 0 Å². The number of carbonyl (C=O) groups is 2. The van der Waals surface area contributed by atoms with Crippen LogP contribution >= 0.6 is 0 Å². The Bertz CT molecular complexity index is 710. The smallest absolute Gasteiger partial charge is 0.333 e. The summed E-state index contributed by atoms with van der Waals surface area (Å²) in [6, 6.07) is 14.1. The van der Waals surface area contributed by atoms with Gasteiger partial charge in [0.25, 0.3) is 0 Å². The van der Waals surface area contributed by atoms with Crippen LogP contribution in [0.4, 0.5) is 0 Å². The molecule has 1 fully saturated rings. The molecule has 2 aromatic rings. The molecule has 0 aromatic heterocycles. The minimum Gasteiger partial charge on any atom is -0.461 e. The highest BCUT2D eigenvalue weighted by atomic mass is 16.6. The Hall–Kier alpha value is -2.70. The molecule has 2 N–H and O–H groups in total. The van der Waals surface area contributed by atoms with Gasteiger partial charge in [0.1, 0.15) is 17.6 Å². The Morgan fingerprint density at radius 1 is 1.00 bits per heavy atom. The number of benzene rings is 2. The summed E-state index contributed by atoms with van der Waals surface area (Å²) in [7, 11) is 0. The maximum absolute atomic E-state index is 12.3. The third-order valence-electron chi connectivity index (χ3n) is 3.55.